The van der Waals surface area contributed by atoms with Crippen LogP contribution in [0.4, 0.5) is 14.6 Å². The fourth-order valence-electron chi connectivity index (χ4n) is 3.76. The van der Waals surface area contributed by atoms with E-state index in [1.54, 1.807) is 18.3 Å². The minimum Gasteiger partial charge on any atom is -0.489 e. The summed E-state index contributed by atoms with van der Waals surface area (Å²) in [4.78, 5) is 25.4. The van der Waals surface area contributed by atoms with Crippen molar-refractivity contribution in [1.29, 1.82) is 0 Å². The molecule has 1 aliphatic carbocycles. The number of rotatable bonds is 7. The average Bonchev–Trinajstić information content (AvgIpc) is 3.50. The molecule has 1 unspecified atom stereocenters. The molecule has 1 saturated carbocycles. The van der Waals surface area contributed by atoms with E-state index in [1.807, 2.05) is 13.8 Å². The number of nitrogens with one attached hydrogen (secondary N) is 1. The minimum atomic E-state index is -0.692. The monoisotopic (exact) mass is 424 g/mol. The molecule has 2 heterocycles. The molecule has 3 aromatic rings. The molecule has 8 heteroatoms. The maximum atomic E-state index is 14.0. The largest absolute Gasteiger partial charge is 0.489 e. The fraction of sp³-hybridized carbons (Fsp3) is 0.304. The summed E-state index contributed by atoms with van der Waals surface area (Å²) in [6.07, 6.45) is 3.82. The number of ether oxygens (including phenoxy) is 1. The summed E-state index contributed by atoms with van der Waals surface area (Å²) in [5.41, 5.74) is 0.770. The van der Waals surface area contributed by atoms with Gasteiger partial charge in [-0.1, -0.05) is 19.1 Å². The van der Waals surface area contributed by atoms with Crippen LogP contribution in [0.5, 0.6) is 5.75 Å². The Hall–Kier alpha value is -3.42. The van der Waals surface area contributed by atoms with Crippen LogP contribution in [0.3, 0.4) is 0 Å². The first-order valence-electron chi connectivity index (χ1n) is 10.0. The highest BCUT2D eigenvalue weighted by Gasteiger charge is 2.60. The molecule has 1 fully saturated rings. The Morgan fingerprint density at radius 2 is 2.03 bits per heavy atom. The van der Waals surface area contributed by atoms with Gasteiger partial charge in [0.1, 0.15) is 23.3 Å². The van der Waals surface area contributed by atoms with Crippen molar-refractivity contribution in [1.82, 2.24) is 15.0 Å². The molecule has 0 bridgehead atoms. The number of hydrogen-bond acceptors (Lipinski definition) is 5. The highest BCUT2D eigenvalue weighted by molar-refractivity contribution is 5.95. The molecule has 0 spiro atoms. The van der Waals surface area contributed by atoms with E-state index >= 15 is 0 Å². The number of carbonyl (C=O) groups is 1. The van der Waals surface area contributed by atoms with Crippen LogP contribution in [0.1, 0.15) is 30.4 Å². The number of anilines is 1. The molecule has 4 rings (SSSR count). The summed E-state index contributed by atoms with van der Waals surface area (Å²) in [5, 5.41) is 2.71. The van der Waals surface area contributed by atoms with Crippen molar-refractivity contribution in [2.75, 3.05) is 11.9 Å². The number of carbonyl (C=O) groups excluding carboxylic acids is 1. The van der Waals surface area contributed by atoms with Gasteiger partial charge < -0.3 is 10.1 Å². The van der Waals surface area contributed by atoms with Crippen LogP contribution in [-0.4, -0.2) is 27.5 Å². The van der Waals surface area contributed by atoms with Gasteiger partial charge >= 0.3 is 0 Å². The lowest BCUT2D eigenvalue weighted by molar-refractivity contribution is -0.117. The van der Waals surface area contributed by atoms with Crippen LogP contribution in [0.25, 0.3) is 0 Å². The van der Waals surface area contributed by atoms with Gasteiger partial charge in [-0.2, -0.15) is 0 Å². The van der Waals surface area contributed by atoms with Crippen molar-refractivity contribution < 1.29 is 18.3 Å². The van der Waals surface area contributed by atoms with Gasteiger partial charge in [-0.25, -0.2) is 23.7 Å². The predicted octanol–water partition coefficient (Wildman–Crippen LogP) is 4.00. The van der Waals surface area contributed by atoms with Gasteiger partial charge in [0.25, 0.3) is 0 Å². The van der Waals surface area contributed by atoms with E-state index in [4.69, 9.17) is 4.74 Å². The summed E-state index contributed by atoms with van der Waals surface area (Å²) in [6, 6.07) is 8.82. The van der Waals surface area contributed by atoms with Crippen molar-refractivity contribution in [2.24, 2.45) is 5.92 Å². The number of aryl methyl sites for hydroxylation is 2. The van der Waals surface area contributed by atoms with E-state index in [0.29, 0.717) is 30.0 Å². The average molecular weight is 424 g/mol. The SMILES string of the molecule is CCc1nc(C)ncc1OC[C@@]1(c2cccc(F)c2)CC1C(=O)Nc1ccc(F)cn1. The summed E-state index contributed by atoms with van der Waals surface area (Å²) in [5.74, 6) is -0.127. The first kappa shape index (κ1) is 20.8. The van der Waals surface area contributed by atoms with Crippen molar-refractivity contribution >= 4 is 11.7 Å². The molecule has 1 aliphatic rings. The Balaban J connectivity index is 1.57. The Labute approximate surface area is 178 Å². The van der Waals surface area contributed by atoms with E-state index in [0.717, 1.165) is 11.9 Å². The number of amides is 1. The molecule has 0 saturated heterocycles. The predicted molar refractivity (Wildman–Crippen MR) is 111 cm³/mol. The molecule has 0 aliphatic heterocycles. The summed E-state index contributed by atoms with van der Waals surface area (Å²) in [6.45, 7) is 3.95. The van der Waals surface area contributed by atoms with E-state index < -0.39 is 17.2 Å². The van der Waals surface area contributed by atoms with Crippen LogP contribution in [0.15, 0.2) is 48.8 Å². The van der Waals surface area contributed by atoms with Crippen LogP contribution in [0, 0.1) is 24.5 Å². The van der Waals surface area contributed by atoms with Crippen molar-refractivity contribution in [3.05, 3.63) is 77.5 Å². The second-order valence-electron chi connectivity index (χ2n) is 7.64. The van der Waals surface area contributed by atoms with Gasteiger partial charge in [0.15, 0.2) is 5.75 Å². The first-order chi connectivity index (χ1) is 14.9. The van der Waals surface area contributed by atoms with Gasteiger partial charge in [-0.05, 0) is 49.6 Å². The second-order valence-corrected chi connectivity index (χ2v) is 7.64. The maximum absolute atomic E-state index is 14.0. The summed E-state index contributed by atoms with van der Waals surface area (Å²) < 4.78 is 33.1. The lowest BCUT2D eigenvalue weighted by atomic mass is 9.93. The van der Waals surface area contributed by atoms with Crippen LogP contribution >= 0.6 is 0 Å². The molecule has 160 valence electrons. The molecular weight excluding hydrogens is 402 g/mol. The van der Waals surface area contributed by atoms with Gasteiger partial charge in [0.05, 0.1) is 30.6 Å². The van der Waals surface area contributed by atoms with Gasteiger partial charge in [0.2, 0.25) is 5.91 Å². The maximum Gasteiger partial charge on any atom is 0.229 e. The molecule has 1 N–H and O–H groups in total. The van der Waals surface area contributed by atoms with E-state index in [1.165, 1.54) is 24.3 Å². The van der Waals surface area contributed by atoms with E-state index in [-0.39, 0.29) is 24.1 Å². The zero-order chi connectivity index (χ0) is 22.0. The second kappa shape index (κ2) is 8.37. The smallest absolute Gasteiger partial charge is 0.229 e. The summed E-state index contributed by atoms with van der Waals surface area (Å²) >= 11 is 0. The Morgan fingerprint density at radius 3 is 2.74 bits per heavy atom. The number of pyridine rings is 1. The number of benzene rings is 1. The lowest BCUT2D eigenvalue weighted by Gasteiger charge is -2.20. The fourth-order valence-corrected chi connectivity index (χ4v) is 3.76. The normalized spacial score (nSPS) is 19.7. The molecule has 1 aromatic carbocycles. The highest BCUT2D eigenvalue weighted by atomic mass is 19.1. The van der Waals surface area contributed by atoms with Crippen LogP contribution in [-0.2, 0) is 16.6 Å². The lowest BCUT2D eigenvalue weighted by Crippen LogP contribution is -2.27. The third-order valence-corrected chi connectivity index (χ3v) is 5.54. The standard InChI is InChI=1S/C23H22F2N4O2/c1-3-19-20(12-26-14(2)28-19)31-13-23(15-5-4-6-16(24)9-15)10-18(23)22(30)29-21-8-7-17(25)11-27-21/h4-9,11-12,18H,3,10,13H2,1-2H3,(H,27,29,30)/t18?,23-/m1/s1. The zero-order valence-corrected chi connectivity index (χ0v) is 17.2. The number of hydrogen-bond donors (Lipinski definition) is 1. The number of aromatic nitrogens is 3. The number of halogens is 2. The highest BCUT2D eigenvalue weighted by Crippen LogP contribution is 2.55. The van der Waals surface area contributed by atoms with Gasteiger partial charge in [-0.15, -0.1) is 0 Å². The van der Waals surface area contributed by atoms with Gasteiger partial charge in [0, 0.05) is 5.41 Å². The molecule has 1 amide bonds. The Bertz CT molecular complexity index is 1110. The van der Waals surface area contributed by atoms with Gasteiger partial charge in [-0.3, -0.25) is 4.79 Å². The molecular formula is C23H22F2N4O2. The molecule has 0 radical (unpaired) electrons. The molecule has 2 atom stereocenters. The Kier molecular flexibility index (Phi) is 5.63. The number of nitrogens with zero attached hydrogens (tertiary/aromatic N) is 3. The Morgan fingerprint density at radius 1 is 1.19 bits per heavy atom. The molecule has 2 aromatic heterocycles. The van der Waals surface area contributed by atoms with Crippen molar-refractivity contribution in [3.8, 4) is 5.75 Å². The zero-order valence-electron chi connectivity index (χ0n) is 17.2. The van der Waals surface area contributed by atoms with Crippen molar-refractivity contribution in [3.63, 3.8) is 0 Å². The quantitative estimate of drug-likeness (QED) is 0.621. The molecule has 6 nitrogen and oxygen atoms in total. The molecule has 31 heavy (non-hydrogen) atoms. The topological polar surface area (TPSA) is 77.0 Å². The minimum absolute atomic E-state index is 0.171. The summed E-state index contributed by atoms with van der Waals surface area (Å²) in [7, 11) is 0. The van der Waals surface area contributed by atoms with E-state index in [9.17, 15) is 13.6 Å². The third-order valence-electron chi connectivity index (χ3n) is 5.54. The first-order valence-corrected chi connectivity index (χ1v) is 10.0. The van der Waals surface area contributed by atoms with Crippen molar-refractivity contribution in [2.45, 2.75) is 32.1 Å². The van der Waals surface area contributed by atoms with E-state index in [2.05, 4.69) is 20.3 Å². The van der Waals surface area contributed by atoms with Crippen LogP contribution < -0.4 is 10.1 Å². The third kappa shape index (κ3) is 4.38. The van der Waals surface area contributed by atoms with Crippen LogP contribution in [0.2, 0.25) is 0 Å².